The fraction of sp³-hybridized carbons (Fsp3) is 0.316. The molecule has 1 aliphatic heterocycles. The number of aliphatic carboxylic acids is 1. The average Bonchev–Trinajstić information content (AvgIpc) is 3.06. The molecule has 0 amide bonds. The highest BCUT2D eigenvalue weighted by atomic mass is 19.4. The number of anilines is 1. The number of alkyl halides is 3. The Morgan fingerprint density at radius 1 is 1.12 bits per heavy atom. The highest BCUT2D eigenvalue weighted by molar-refractivity contribution is 5.74. The van der Waals surface area contributed by atoms with Crippen LogP contribution in [-0.2, 0) is 11.0 Å². The third-order valence-electron chi connectivity index (χ3n) is 4.70. The van der Waals surface area contributed by atoms with Crippen LogP contribution < -0.4 is 9.64 Å². The Kier molecular flexibility index (Phi) is 4.80. The van der Waals surface area contributed by atoms with Gasteiger partial charge >= 0.3 is 12.1 Å². The fourth-order valence-electron chi connectivity index (χ4n) is 3.40. The van der Waals surface area contributed by atoms with E-state index in [9.17, 15) is 23.1 Å². The van der Waals surface area contributed by atoms with Gasteiger partial charge < -0.3 is 14.7 Å². The number of hydrogen-bond donors (Lipinski definition) is 1. The quantitative estimate of drug-likeness (QED) is 0.874. The zero-order valence-corrected chi connectivity index (χ0v) is 14.0. The number of nitrogens with zero attached hydrogens (tertiary/aromatic N) is 1. The lowest BCUT2D eigenvalue weighted by molar-refractivity contribution is -0.142. The molecule has 2 aromatic rings. The number of ether oxygens (including phenoxy) is 1. The highest BCUT2D eigenvalue weighted by Crippen LogP contribution is 2.41. The van der Waals surface area contributed by atoms with Gasteiger partial charge in [-0.05, 0) is 48.4 Å². The molecule has 0 spiro atoms. The normalized spacial score (nSPS) is 20.2. The molecule has 0 saturated carbocycles. The van der Waals surface area contributed by atoms with E-state index >= 15 is 0 Å². The lowest BCUT2D eigenvalue weighted by Crippen LogP contribution is -2.28. The number of benzene rings is 2. The molecule has 0 unspecified atom stereocenters. The molecule has 0 aliphatic carbocycles. The van der Waals surface area contributed by atoms with Crippen molar-refractivity contribution < 1.29 is 27.8 Å². The number of carboxylic acid groups (broad SMARTS) is 1. The summed E-state index contributed by atoms with van der Waals surface area (Å²) in [5, 5.41) is 9.55. The smallest absolute Gasteiger partial charge is 0.416 e. The van der Waals surface area contributed by atoms with Crippen LogP contribution >= 0.6 is 0 Å². The van der Waals surface area contributed by atoms with Crippen LogP contribution in [0.5, 0.6) is 5.75 Å². The molecule has 1 saturated heterocycles. The number of carbonyl (C=O) groups is 1. The summed E-state index contributed by atoms with van der Waals surface area (Å²) in [6.45, 7) is 0.509. The predicted molar refractivity (Wildman–Crippen MR) is 90.3 cm³/mol. The van der Waals surface area contributed by atoms with Crippen molar-refractivity contribution in [3.63, 3.8) is 0 Å². The average molecular weight is 365 g/mol. The number of hydrogen-bond acceptors (Lipinski definition) is 3. The minimum Gasteiger partial charge on any atom is -0.497 e. The van der Waals surface area contributed by atoms with Crippen LogP contribution in [0.3, 0.4) is 0 Å². The van der Waals surface area contributed by atoms with Gasteiger partial charge in [0.2, 0.25) is 0 Å². The standard InChI is InChI=1S/C19H18F3NO3/c1-26-15-8-6-14(7-9-15)23-11-10-16(18(24)25)17(23)12-2-4-13(5-3-12)19(20,21)22/h2-9,16-17H,10-11H2,1H3,(H,24,25)/t16-,17+/m1/s1. The van der Waals surface area contributed by atoms with Crippen molar-refractivity contribution in [1.29, 1.82) is 0 Å². The van der Waals surface area contributed by atoms with Crippen molar-refractivity contribution in [2.75, 3.05) is 18.6 Å². The second-order valence-electron chi connectivity index (χ2n) is 6.19. The first-order chi connectivity index (χ1) is 12.3. The second-order valence-corrected chi connectivity index (χ2v) is 6.19. The zero-order valence-electron chi connectivity index (χ0n) is 14.0. The molecule has 1 N–H and O–H groups in total. The lowest BCUT2D eigenvalue weighted by Gasteiger charge is -2.29. The summed E-state index contributed by atoms with van der Waals surface area (Å²) in [7, 11) is 1.55. The van der Waals surface area contributed by atoms with E-state index in [4.69, 9.17) is 4.74 Å². The maximum absolute atomic E-state index is 12.8. The molecule has 1 aliphatic rings. The Bertz CT molecular complexity index is 772. The van der Waals surface area contributed by atoms with E-state index in [0.717, 1.165) is 17.8 Å². The minimum absolute atomic E-state index is 0.424. The van der Waals surface area contributed by atoms with E-state index in [1.807, 2.05) is 17.0 Å². The molecule has 1 fully saturated rings. The maximum Gasteiger partial charge on any atom is 0.416 e. The fourth-order valence-corrected chi connectivity index (χ4v) is 3.40. The van der Waals surface area contributed by atoms with E-state index in [2.05, 4.69) is 0 Å². The van der Waals surface area contributed by atoms with Crippen LogP contribution in [0.25, 0.3) is 0 Å². The van der Waals surface area contributed by atoms with Crippen LogP contribution in [0.1, 0.15) is 23.6 Å². The van der Waals surface area contributed by atoms with Gasteiger partial charge in [0, 0.05) is 12.2 Å². The summed E-state index contributed by atoms with van der Waals surface area (Å²) in [6, 6.07) is 11.4. The first-order valence-electron chi connectivity index (χ1n) is 8.12. The van der Waals surface area contributed by atoms with Crippen LogP contribution in [0.15, 0.2) is 48.5 Å². The second kappa shape index (κ2) is 6.90. The van der Waals surface area contributed by atoms with Gasteiger partial charge in [-0.2, -0.15) is 13.2 Å². The largest absolute Gasteiger partial charge is 0.497 e. The van der Waals surface area contributed by atoms with Crippen molar-refractivity contribution in [3.8, 4) is 5.75 Å². The molecular formula is C19H18F3NO3. The molecule has 0 bridgehead atoms. The third kappa shape index (κ3) is 3.47. The molecule has 2 atom stereocenters. The molecule has 26 heavy (non-hydrogen) atoms. The molecule has 1 heterocycles. The van der Waals surface area contributed by atoms with E-state index in [1.54, 1.807) is 19.2 Å². The van der Waals surface area contributed by atoms with Gasteiger partial charge in [-0.3, -0.25) is 4.79 Å². The Morgan fingerprint density at radius 3 is 2.23 bits per heavy atom. The first kappa shape index (κ1) is 18.1. The van der Waals surface area contributed by atoms with Gasteiger partial charge in [0.25, 0.3) is 0 Å². The molecule has 4 nitrogen and oxygen atoms in total. The number of halogens is 3. The number of rotatable bonds is 4. The minimum atomic E-state index is -4.42. The summed E-state index contributed by atoms with van der Waals surface area (Å²) in [5.41, 5.74) is 0.611. The van der Waals surface area contributed by atoms with Gasteiger partial charge in [0.15, 0.2) is 0 Å². The van der Waals surface area contributed by atoms with E-state index in [-0.39, 0.29) is 0 Å². The predicted octanol–water partition coefficient (Wildman–Crippen LogP) is 4.37. The molecule has 2 aromatic carbocycles. The zero-order chi connectivity index (χ0) is 18.9. The topological polar surface area (TPSA) is 49.8 Å². The summed E-state index contributed by atoms with van der Waals surface area (Å²) < 4.78 is 43.5. The monoisotopic (exact) mass is 365 g/mol. The Hall–Kier alpha value is -2.70. The van der Waals surface area contributed by atoms with E-state index in [1.165, 1.54) is 12.1 Å². The van der Waals surface area contributed by atoms with Crippen molar-refractivity contribution in [1.82, 2.24) is 0 Å². The first-order valence-corrected chi connectivity index (χ1v) is 8.12. The van der Waals surface area contributed by atoms with Crippen LogP contribution in [-0.4, -0.2) is 24.7 Å². The van der Waals surface area contributed by atoms with Gasteiger partial charge in [-0.15, -0.1) is 0 Å². The van der Waals surface area contributed by atoms with Gasteiger partial charge in [0.1, 0.15) is 5.75 Å². The summed E-state index contributed by atoms with van der Waals surface area (Å²) in [4.78, 5) is 13.6. The molecule has 7 heteroatoms. The van der Waals surface area contributed by atoms with Crippen molar-refractivity contribution >= 4 is 11.7 Å². The molecule has 0 radical (unpaired) electrons. The molecule has 0 aromatic heterocycles. The van der Waals surface area contributed by atoms with Crippen molar-refractivity contribution in [3.05, 3.63) is 59.7 Å². The van der Waals surface area contributed by atoms with E-state index in [0.29, 0.717) is 24.3 Å². The number of methoxy groups -OCH3 is 1. The highest BCUT2D eigenvalue weighted by Gasteiger charge is 2.40. The summed E-state index contributed by atoms with van der Waals surface area (Å²) >= 11 is 0. The van der Waals surface area contributed by atoms with Crippen LogP contribution in [0, 0.1) is 5.92 Å². The van der Waals surface area contributed by atoms with Crippen LogP contribution in [0.4, 0.5) is 18.9 Å². The maximum atomic E-state index is 12.8. The van der Waals surface area contributed by atoms with Gasteiger partial charge in [-0.1, -0.05) is 12.1 Å². The number of carboxylic acids is 1. The van der Waals surface area contributed by atoms with Crippen molar-refractivity contribution in [2.24, 2.45) is 5.92 Å². The molecular weight excluding hydrogens is 347 g/mol. The van der Waals surface area contributed by atoms with E-state index < -0.39 is 29.7 Å². The van der Waals surface area contributed by atoms with Gasteiger partial charge in [0.05, 0.1) is 24.6 Å². The van der Waals surface area contributed by atoms with Crippen molar-refractivity contribution in [2.45, 2.75) is 18.6 Å². The third-order valence-corrected chi connectivity index (χ3v) is 4.70. The lowest BCUT2D eigenvalue weighted by atomic mass is 9.93. The Morgan fingerprint density at radius 2 is 1.73 bits per heavy atom. The Balaban J connectivity index is 1.96. The summed E-state index contributed by atoms with van der Waals surface area (Å²) in [6.07, 6.45) is -4.00. The summed E-state index contributed by atoms with van der Waals surface area (Å²) in [5.74, 6) is -0.964. The van der Waals surface area contributed by atoms with Gasteiger partial charge in [-0.25, -0.2) is 0 Å². The molecule has 3 rings (SSSR count). The van der Waals surface area contributed by atoms with Crippen LogP contribution in [0.2, 0.25) is 0 Å². The molecule has 138 valence electrons. The Labute approximate surface area is 148 Å². The SMILES string of the molecule is COc1ccc(N2CC[C@@H](C(=O)O)[C@@H]2c2ccc(C(F)(F)F)cc2)cc1.